The van der Waals surface area contributed by atoms with E-state index in [4.69, 9.17) is 9.90 Å². The van der Waals surface area contributed by atoms with Gasteiger partial charge in [0.15, 0.2) is 0 Å². The number of nitriles is 1. The molecular weight excluding hydrogens is 379 g/mol. The number of anilines is 1. The minimum atomic E-state index is -5.08. The maximum absolute atomic E-state index is 12.4. The van der Waals surface area contributed by atoms with Crippen molar-refractivity contribution in [3.63, 3.8) is 0 Å². The first kappa shape index (κ1) is 21.2. The maximum Gasteiger partial charge on any atom is 0.490 e. The Bertz CT molecular complexity index is 989. The van der Waals surface area contributed by atoms with Crippen molar-refractivity contribution in [1.29, 1.82) is 5.26 Å². The maximum atomic E-state index is 12.4. The number of carbonyl (C=O) groups is 1. The van der Waals surface area contributed by atoms with E-state index < -0.39 is 12.1 Å². The second-order valence-electron chi connectivity index (χ2n) is 6.06. The molecule has 3 rings (SSSR count). The predicted molar refractivity (Wildman–Crippen MR) is 95.2 cm³/mol. The van der Waals surface area contributed by atoms with Crippen LogP contribution in [-0.2, 0) is 11.8 Å². The van der Waals surface area contributed by atoms with Gasteiger partial charge in [0.1, 0.15) is 17.1 Å². The Morgan fingerprint density at radius 2 is 1.89 bits per heavy atom. The van der Waals surface area contributed by atoms with Gasteiger partial charge in [-0.15, -0.1) is 0 Å². The molecule has 0 aliphatic carbocycles. The Balaban J connectivity index is 0.000000345. The topological polar surface area (TPSA) is 111 Å². The van der Waals surface area contributed by atoms with Crippen LogP contribution in [0.15, 0.2) is 16.9 Å². The Morgan fingerprint density at radius 1 is 1.32 bits per heavy atom. The van der Waals surface area contributed by atoms with E-state index in [2.05, 4.69) is 21.3 Å². The number of pyridine rings is 2. The summed E-state index contributed by atoms with van der Waals surface area (Å²) >= 11 is 0. The molecule has 2 aromatic rings. The molecule has 1 aliphatic rings. The number of halogens is 3. The van der Waals surface area contributed by atoms with Crippen LogP contribution in [0.3, 0.4) is 0 Å². The summed E-state index contributed by atoms with van der Waals surface area (Å²) in [6, 6.07) is 5.86. The van der Waals surface area contributed by atoms with Gasteiger partial charge in [-0.3, -0.25) is 4.79 Å². The summed E-state index contributed by atoms with van der Waals surface area (Å²) in [6.07, 6.45) is -5.08. The van der Waals surface area contributed by atoms with E-state index in [1.807, 2.05) is 19.1 Å². The van der Waals surface area contributed by atoms with E-state index in [9.17, 15) is 23.2 Å². The highest BCUT2D eigenvalue weighted by Gasteiger charge is 2.38. The highest BCUT2D eigenvalue weighted by Crippen LogP contribution is 2.27. The fourth-order valence-corrected chi connectivity index (χ4v) is 2.79. The number of hydrogen-bond acceptors (Lipinski definition) is 6. The standard InChI is InChI=1S/C15H17N5O.C2HF3O2/c1-10-3-4-12-13(18-10)14(20-7-5-17-6-8-20)11(9-16)15(21)19(12)2;3-2(4,5)1(6)7/h3-4,17H,5-8H2,1-2H3;(H,6,7). The van der Waals surface area contributed by atoms with Crippen LogP contribution in [-0.4, -0.2) is 53.0 Å². The molecule has 0 spiro atoms. The molecule has 28 heavy (non-hydrogen) atoms. The van der Waals surface area contributed by atoms with E-state index in [0.29, 0.717) is 5.69 Å². The Kier molecular flexibility index (Phi) is 6.25. The van der Waals surface area contributed by atoms with Crippen molar-refractivity contribution < 1.29 is 23.1 Å². The minimum absolute atomic E-state index is 0.185. The number of rotatable bonds is 1. The van der Waals surface area contributed by atoms with Gasteiger partial charge in [0, 0.05) is 38.9 Å². The van der Waals surface area contributed by atoms with Crippen LogP contribution in [0.4, 0.5) is 18.9 Å². The van der Waals surface area contributed by atoms with E-state index in [1.54, 1.807) is 7.05 Å². The number of carboxylic acid groups (broad SMARTS) is 1. The third-order valence-corrected chi connectivity index (χ3v) is 4.14. The largest absolute Gasteiger partial charge is 0.490 e. The smallest absolute Gasteiger partial charge is 0.475 e. The average molecular weight is 397 g/mol. The molecule has 3 heterocycles. The minimum Gasteiger partial charge on any atom is -0.475 e. The van der Waals surface area contributed by atoms with Crippen molar-refractivity contribution in [2.45, 2.75) is 13.1 Å². The summed E-state index contributed by atoms with van der Waals surface area (Å²) in [5.74, 6) is -2.76. The number of fused-ring (bicyclic) bond motifs is 1. The van der Waals surface area contributed by atoms with Crippen LogP contribution < -0.4 is 15.8 Å². The molecule has 1 aliphatic heterocycles. The highest BCUT2D eigenvalue weighted by molar-refractivity contribution is 5.91. The zero-order valence-corrected chi connectivity index (χ0v) is 15.2. The molecule has 8 nitrogen and oxygen atoms in total. The fourth-order valence-electron chi connectivity index (χ4n) is 2.79. The van der Waals surface area contributed by atoms with Crippen LogP contribution in [0.5, 0.6) is 0 Å². The molecule has 0 saturated carbocycles. The lowest BCUT2D eigenvalue weighted by Crippen LogP contribution is -2.44. The van der Waals surface area contributed by atoms with Crippen LogP contribution in [0.25, 0.3) is 11.0 Å². The fraction of sp³-hybridized carbons (Fsp3) is 0.412. The average Bonchev–Trinajstić information content (AvgIpc) is 2.64. The van der Waals surface area contributed by atoms with Crippen molar-refractivity contribution in [3.05, 3.63) is 33.7 Å². The lowest BCUT2D eigenvalue weighted by Gasteiger charge is -2.30. The van der Waals surface area contributed by atoms with E-state index in [0.717, 1.165) is 42.9 Å². The number of aryl methyl sites for hydroxylation is 2. The Morgan fingerprint density at radius 3 is 2.39 bits per heavy atom. The number of hydrogen-bond donors (Lipinski definition) is 2. The second-order valence-corrected chi connectivity index (χ2v) is 6.06. The van der Waals surface area contributed by atoms with Crippen molar-refractivity contribution in [3.8, 4) is 6.07 Å². The number of carboxylic acids is 1. The van der Waals surface area contributed by atoms with Crippen LogP contribution in [0.2, 0.25) is 0 Å². The molecule has 1 saturated heterocycles. The van der Waals surface area contributed by atoms with Gasteiger partial charge >= 0.3 is 12.1 Å². The lowest BCUT2D eigenvalue weighted by molar-refractivity contribution is -0.192. The summed E-state index contributed by atoms with van der Waals surface area (Å²) in [4.78, 5) is 28.0. The molecule has 0 radical (unpaired) electrons. The van der Waals surface area contributed by atoms with Crippen LogP contribution in [0.1, 0.15) is 11.3 Å². The SMILES string of the molecule is Cc1ccc2c(n1)c(N1CCNCC1)c(C#N)c(=O)n2C.O=C(O)C(F)(F)F. The van der Waals surface area contributed by atoms with Gasteiger partial charge in [-0.05, 0) is 19.1 Å². The Labute approximate surface area is 157 Å². The molecule has 0 bridgehead atoms. The third kappa shape index (κ3) is 4.40. The number of piperazine rings is 1. The van der Waals surface area contributed by atoms with Gasteiger partial charge in [-0.25, -0.2) is 9.78 Å². The summed E-state index contributed by atoms with van der Waals surface area (Å²) in [7, 11) is 1.68. The number of aliphatic carboxylic acids is 1. The summed E-state index contributed by atoms with van der Waals surface area (Å²) in [5.41, 5.74) is 2.98. The van der Waals surface area contributed by atoms with Crippen molar-refractivity contribution >= 4 is 22.7 Å². The quantitative estimate of drug-likeness (QED) is 0.743. The highest BCUT2D eigenvalue weighted by atomic mass is 19.4. The zero-order valence-electron chi connectivity index (χ0n) is 15.2. The predicted octanol–water partition coefficient (Wildman–Crippen LogP) is 1.16. The molecule has 2 N–H and O–H groups in total. The molecule has 11 heteroatoms. The van der Waals surface area contributed by atoms with Crippen LogP contribution in [0, 0.1) is 18.3 Å². The van der Waals surface area contributed by atoms with Crippen molar-refractivity contribution in [2.24, 2.45) is 7.05 Å². The number of alkyl halides is 3. The monoisotopic (exact) mass is 397 g/mol. The van der Waals surface area contributed by atoms with Gasteiger partial charge in [0.25, 0.3) is 5.56 Å². The van der Waals surface area contributed by atoms with Gasteiger partial charge < -0.3 is 19.9 Å². The van der Waals surface area contributed by atoms with Crippen molar-refractivity contribution in [1.82, 2.24) is 14.9 Å². The van der Waals surface area contributed by atoms with Gasteiger partial charge in [0.05, 0.1) is 11.2 Å². The Hall–Kier alpha value is -3.13. The molecule has 0 amide bonds. The number of nitrogens with one attached hydrogen (secondary N) is 1. The lowest BCUT2D eigenvalue weighted by atomic mass is 10.1. The molecule has 0 atom stereocenters. The number of aromatic nitrogens is 2. The van der Waals surface area contributed by atoms with Gasteiger partial charge in [0.2, 0.25) is 0 Å². The molecule has 2 aromatic heterocycles. The summed E-state index contributed by atoms with van der Waals surface area (Å²) < 4.78 is 33.2. The number of nitrogens with zero attached hydrogens (tertiary/aromatic N) is 4. The third-order valence-electron chi connectivity index (χ3n) is 4.14. The molecule has 150 valence electrons. The molecule has 0 unspecified atom stereocenters. The van der Waals surface area contributed by atoms with Gasteiger partial charge in [-0.2, -0.15) is 18.4 Å². The first-order valence-electron chi connectivity index (χ1n) is 8.24. The normalized spacial score (nSPS) is 14.2. The van der Waals surface area contributed by atoms with Crippen molar-refractivity contribution in [2.75, 3.05) is 31.1 Å². The summed E-state index contributed by atoms with van der Waals surface area (Å²) in [5, 5.41) is 19.9. The first-order chi connectivity index (χ1) is 13.1. The zero-order chi connectivity index (χ0) is 21.1. The molecule has 0 aromatic carbocycles. The van der Waals surface area contributed by atoms with Crippen LogP contribution >= 0.6 is 0 Å². The second kappa shape index (κ2) is 8.26. The summed E-state index contributed by atoms with van der Waals surface area (Å²) in [6.45, 7) is 5.14. The van der Waals surface area contributed by atoms with E-state index in [1.165, 1.54) is 4.57 Å². The van der Waals surface area contributed by atoms with Gasteiger partial charge in [-0.1, -0.05) is 0 Å². The molecule has 1 fully saturated rings. The molecular formula is C17H18F3N5O3. The van der Waals surface area contributed by atoms with E-state index in [-0.39, 0.29) is 11.1 Å². The first-order valence-corrected chi connectivity index (χ1v) is 8.24. The van der Waals surface area contributed by atoms with E-state index >= 15 is 0 Å².